The van der Waals surface area contributed by atoms with Crippen molar-refractivity contribution in [3.8, 4) is 17.1 Å². The Bertz CT molecular complexity index is 484. The van der Waals surface area contributed by atoms with E-state index in [0.717, 1.165) is 5.56 Å². The van der Waals surface area contributed by atoms with Crippen molar-refractivity contribution in [2.24, 2.45) is 0 Å². The minimum atomic E-state index is -2.83. The molecule has 0 radical (unpaired) electrons. The van der Waals surface area contributed by atoms with Gasteiger partial charge in [0.2, 0.25) is 0 Å². The maximum absolute atomic E-state index is 11.9. The lowest BCUT2D eigenvalue weighted by Gasteiger charge is -2.03. The van der Waals surface area contributed by atoms with E-state index in [1.165, 1.54) is 12.1 Å². The topological polar surface area (TPSA) is 35.3 Å². The molecule has 0 unspecified atom stereocenters. The number of rotatable bonds is 4. The SMILES string of the molecule is FC(F)Oc1ccc(-c2cc(CCl)no2)cc1. The van der Waals surface area contributed by atoms with Crippen LogP contribution in [0.25, 0.3) is 11.3 Å². The molecule has 0 spiro atoms. The molecule has 1 aromatic carbocycles. The van der Waals surface area contributed by atoms with E-state index in [1.54, 1.807) is 18.2 Å². The molecule has 0 aliphatic heterocycles. The Morgan fingerprint density at radius 1 is 1.29 bits per heavy atom. The van der Waals surface area contributed by atoms with Crippen molar-refractivity contribution in [2.45, 2.75) is 12.5 Å². The van der Waals surface area contributed by atoms with Gasteiger partial charge in [0.1, 0.15) is 5.75 Å². The maximum atomic E-state index is 11.9. The molecule has 0 aliphatic rings. The van der Waals surface area contributed by atoms with Crippen molar-refractivity contribution in [3.05, 3.63) is 36.0 Å². The first-order valence-corrected chi connectivity index (χ1v) is 5.29. The molecule has 0 atom stereocenters. The summed E-state index contributed by atoms with van der Waals surface area (Å²) in [6.07, 6.45) is 0. The molecule has 6 heteroatoms. The summed E-state index contributed by atoms with van der Waals surface area (Å²) in [6.45, 7) is -2.83. The van der Waals surface area contributed by atoms with Crippen LogP contribution in [-0.4, -0.2) is 11.8 Å². The number of hydrogen-bond acceptors (Lipinski definition) is 3. The third-order valence-electron chi connectivity index (χ3n) is 2.06. The van der Waals surface area contributed by atoms with Crippen molar-refractivity contribution in [2.75, 3.05) is 0 Å². The number of aromatic nitrogens is 1. The summed E-state index contributed by atoms with van der Waals surface area (Å²) in [5.74, 6) is 0.890. The lowest BCUT2D eigenvalue weighted by atomic mass is 10.1. The first-order valence-electron chi connectivity index (χ1n) is 4.76. The third kappa shape index (κ3) is 2.94. The minimum Gasteiger partial charge on any atom is -0.435 e. The second-order valence-electron chi connectivity index (χ2n) is 3.22. The van der Waals surface area contributed by atoms with Gasteiger partial charge >= 0.3 is 6.61 Å². The van der Waals surface area contributed by atoms with Gasteiger partial charge in [-0.25, -0.2) is 0 Å². The van der Waals surface area contributed by atoms with Gasteiger partial charge in [-0.1, -0.05) is 5.16 Å². The summed E-state index contributed by atoms with van der Waals surface area (Å²) in [4.78, 5) is 0. The van der Waals surface area contributed by atoms with Crippen LogP contribution in [-0.2, 0) is 5.88 Å². The molecule has 1 heterocycles. The fourth-order valence-corrected chi connectivity index (χ4v) is 1.44. The molecule has 0 aliphatic carbocycles. The standard InChI is InChI=1S/C11H8ClF2NO2/c12-6-8-5-10(17-15-8)7-1-3-9(4-2-7)16-11(13)14/h1-5,11H,6H2. The highest BCUT2D eigenvalue weighted by Crippen LogP contribution is 2.24. The number of ether oxygens (including phenoxy) is 1. The molecular formula is C11H8ClF2NO2. The fourth-order valence-electron chi connectivity index (χ4n) is 1.31. The van der Waals surface area contributed by atoms with Gasteiger partial charge in [0.15, 0.2) is 5.76 Å². The second-order valence-corrected chi connectivity index (χ2v) is 3.49. The molecule has 2 rings (SSSR count). The summed E-state index contributed by atoms with van der Waals surface area (Å²) >= 11 is 5.58. The summed E-state index contributed by atoms with van der Waals surface area (Å²) < 4.78 is 33.1. The van der Waals surface area contributed by atoms with Gasteiger partial charge in [0, 0.05) is 11.6 Å². The lowest BCUT2D eigenvalue weighted by molar-refractivity contribution is -0.0498. The smallest absolute Gasteiger partial charge is 0.387 e. The molecule has 3 nitrogen and oxygen atoms in total. The quantitative estimate of drug-likeness (QED) is 0.786. The molecule has 1 aromatic heterocycles. The van der Waals surface area contributed by atoms with E-state index in [4.69, 9.17) is 16.1 Å². The van der Waals surface area contributed by atoms with E-state index in [-0.39, 0.29) is 11.6 Å². The summed E-state index contributed by atoms with van der Waals surface area (Å²) in [7, 11) is 0. The van der Waals surface area contributed by atoms with Crippen molar-refractivity contribution >= 4 is 11.6 Å². The van der Waals surface area contributed by atoms with Crippen LogP contribution >= 0.6 is 11.6 Å². The van der Waals surface area contributed by atoms with Crippen LogP contribution in [0.5, 0.6) is 5.75 Å². The van der Waals surface area contributed by atoms with E-state index in [0.29, 0.717) is 11.5 Å². The van der Waals surface area contributed by atoms with Crippen molar-refractivity contribution < 1.29 is 18.0 Å². The third-order valence-corrected chi connectivity index (χ3v) is 2.33. The molecule has 90 valence electrons. The molecule has 0 amide bonds. The van der Waals surface area contributed by atoms with Crippen LogP contribution in [0.3, 0.4) is 0 Å². The Kier molecular flexibility index (Phi) is 3.58. The Balaban J connectivity index is 2.17. The average Bonchev–Trinajstić information content (AvgIpc) is 2.78. The Morgan fingerprint density at radius 2 is 2.00 bits per heavy atom. The zero-order valence-corrected chi connectivity index (χ0v) is 9.32. The molecule has 0 saturated heterocycles. The summed E-state index contributed by atoms with van der Waals surface area (Å²) in [5, 5.41) is 3.72. The van der Waals surface area contributed by atoms with Crippen LogP contribution in [0.2, 0.25) is 0 Å². The largest absolute Gasteiger partial charge is 0.435 e. The highest BCUT2D eigenvalue weighted by Gasteiger charge is 2.08. The Hall–Kier alpha value is -1.62. The molecule has 0 fully saturated rings. The van der Waals surface area contributed by atoms with Crippen molar-refractivity contribution in [1.29, 1.82) is 0 Å². The van der Waals surface area contributed by atoms with Crippen molar-refractivity contribution in [3.63, 3.8) is 0 Å². The lowest BCUT2D eigenvalue weighted by Crippen LogP contribution is -2.01. The van der Waals surface area contributed by atoms with E-state index in [2.05, 4.69) is 9.89 Å². The predicted octanol–water partition coefficient (Wildman–Crippen LogP) is 3.68. The molecule has 17 heavy (non-hydrogen) atoms. The second kappa shape index (κ2) is 5.14. The minimum absolute atomic E-state index is 0.0980. The molecular weight excluding hydrogens is 252 g/mol. The normalized spacial score (nSPS) is 10.8. The van der Waals surface area contributed by atoms with Crippen LogP contribution in [0, 0.1) is 0 Å². The summed E-state index contributed by atoms with van der Waals surface area (Å²) in [5.41, 5.74) is 1.34. The van der Waals surface area contributed by atoms with Gasteiger partial charge in [0.05, 0.1) is 11.6 Å². The van der Waals surface area contributed by atoms with Crippen LogP contribution in [0.4, 0.5) is 8.78 Å². The first kappa shape index (κ1) is 11.9. The zero-order valence-electron chi connectivity index (χ0n) is 8.57. The molecule has 2 aromatic rings. The maximum Gasteiger partial charge on any atom is 0.387 e. The number of halogens is 3. The van der Waals surface area contributed by atoms with E-state index < -0.39 is 6.61 Å². The first-order chi connectivity index (χ1) is 8.19. The highest BCUT2D eigenvalue weighted by atomic mass is 35.5. The number of hydrogen-bond donors (Lipinski definition) is 0. The van der Waals surface area contributed by atoms with Gasteiger partial charge in [-0.2, -0.15) is 8.78 Å². The highest BCUT2D eigenvalue weighted by molar-refractivity contribution is 6.16. The number of nitrogens with zero attached hydrogens (tertiary/aromatic N) is 1. The molecule has 0 N–H and O–H groups in total. The van der Waals surface area contributed by atoms with E-state index in [9.17, 15) is 8.78 Å². The Labute approximate surface area is 101 Å². The number of alkyl halides is 3. The van der Waals surface area contributed by atoms with Gasteiger partial charge < -0.3 is 9.26 Å². The van der Waals surface area contributed by atoms with Gasteiger partial charge in [-0.15, -0.1) is 11.6 Å². The van der Waals surface area contributed by atoms with E-state index in [1.807, 2.05) is 0 Å². The predicted molar refractivity (Wildman–Crippen MR) is 58.1 cm³/mol. The number of benzene rings is 1. The molecule has 0 saturated carbocycles. The fraction of sp³-hybridized carbons (Fsp3) is 0.182. The van der Waals surface area contributed by atoms with Crippen molar-refractivity contribution in [1.82, 2.24) is 5.16 Å². The van der Waals surface area contributed by atoms with Crippen LogP contribution < -0.4 is 4.74 Å². The van der Waals surface area contributed by atoms with Crippen LogP contribution in [0.1, 0.15) is 5.69 Å². The van der Waals surface area contributed by atoms with Gasteiger partial charge in [-0.05, 0) is 24.3 Å². The van der Waals surface area contributed by atoms with E-state index >= 15 is 0 Å². The van der Waals surface area contributed by atoms with Gasteiger partial charge in [-0.3, -0.25) is 0 Å². The van der Waals surface area contributed by atoms with Gasteiger partial charge in [0.25, 0.3) is 0 Å². The summed E-state index contributed by atoms with van der Waals surface area (Å²) in [6, 6.07) is 7.78. The zero-order chi connectivity index (χ0) is 12.3. The average molecular weight is 260 g/mol. The Morgan fingerprint density at radius 3 is 2.53 bits per heavy atom. The molecule has 0 bridgehead atoms. The monoisotopic (exact) mass is 259 g/mol. The van der Waals surface area contributed by atoms with Crippen LogP contribution in [0.15, 0.2) is 34.9 Å².